The Labute approximate surface area is 127 Å². The van der Waals surface area contributed by atoms with Crippen LogP contribution in [0.1, 0.15) is 55.4 Å². The number of rotatable bonds is 8. The fraction of sp³-hybridized carbons (Fsp3) is 1.00. The summed E-state index contributed by atoms with van der Waals surface area (Å²) in [5.74, 6) is 2.65. The third kappa shape index (κ3) is 5.01. The SMILES string of the molecule is CC(C)C(N)C(C)C(C)C(N)C(C)C(C)C(N)C(C)C. The van der Waals surface area contributed by atoms with Crippen molar-refractivity contribution in [1.29, 1.82) is 0 Å². The van der Waals surface area contributed by atoms with Crippen LogP contribution in [0.5, 0.6) is 0 Å². The summed E-state index contributed by atoms with van der Waals surface area (Å²) in [4.78, 5) is 0. The van der Waals surface area contributed by atoms with Crippen molar-refractivity contribution in [2.75, 3.05) is 0 Å². The second-order valence-corrected chi connectivity index (χ2v) is 7.66. The fourth-order valence-electron chi connectivity index (χ4n) is 3.10. The summed E-state index contributed by atoms with van der Waals surface area (Å²) in [5, 5.41) is 0. The van der Waals surface area contributed by atoms with E-state index in [1.807, 2.05) is 0 Å². The normalized spacial score (nSPS) is 23.2. The third-order valence-electron chi connectivity index (χ3n) is 5.63. The average molecular weight is 286 g/mol. The minimum absolute atomic E-state index is 0.148. The van der Waals surface area contributed by atoms with Gasteiger partial charge in [0.15, 0.2) is 0 Å². The molecule has 6 unspecified atom stereocenters. The molecule has 0 amide bonds. The van der Waals surface area contributed by atoms with Gasteiger partial charge < -0.3 is 17.2 Å². The van der Waals surface area contributed by atoms with E-state index in [-0.39, 0.29) is 18.1 Å². The van der Waals surface area contributed by atoms with Crippen LogP contribution in [0.4, 0.5) is 0 Å². The van der Waals surface area contributed by atoms with Crippen molar-refractivity contribution in [3.8, 4) is 0 Å². The van der Waals surface area contributed by atoms with Crippen molar-refractivity contribution in [3.63, 3.8) is 0 Å². The molecule has 0 heterocycles. The van der Waals surface area contributed by atoms with Gasteiger partial charge in [-0.05, 0) is 35.5 Å². The van der Waals surface area contributed by atoms with Gasteiger partial charge >= 0.3 is 0 Å². The molecule has 0 saturated heterocycles. The molecular formula is C17H39N3. The van der Waals surface area contributed by atoms with Gasteiger partial charge in [-0.15, -0.1) is 0 Å². The Morgan fingerprint density at radius 3 is 0.800 bits per heavy atom. The Hall–Kier alpha value is -0.120. The van der Waals surface area contributed by atoms with E-state index in [9.17, 15) is 0 Å². The molecule has 0 saturated carbocycles. The average Bonchev–Trinajstić information content (AvgIpc) is 2.40. The molecule has 122 valence electrons. The maximum atomic E-state index is 6.53. The summed E-state index contributed by atoms with van der Waals surface area (Å²) >= 11 is 0. The molecular weight excluding hydrogens is 246 g/mol. The fourth-order valence-corrected chi connectivity index (χ4v) is 3.10. The van der Waals surface area contributed by atoms with Crippen molar-refractivity contribution >= 4 is 0 Å². The van der Waals surface area contributed by atoms with E-state index >= 15 is 0 Å². The first-order valence-electron chi connectivity index (χ1n) is 8.29. The van der Waals surface area contributed by atoms with Crippen molar-refractivity contribution in [3.05, 3.63) is 0 Å². The zero-order valence-corrected chi connectivity index (χ0v) is 14.9. The molecule has 0 aliphatic carbocycles. The van der Waals surface area contributed by atoms with Crippen LogP contribution < -0.4 is 17.2 Å². The highest BCUT2D eigenvalue weighted by molar-refractivity contribution is 4.89. The van der Waals surface area contributed by atoms with Crippen molar-refractivity contribution in [1.82, 2.24) is 0 Å². The summed E-state index contributed by atoms with van der Waals surface area (Å²) in [6, 6.07) is 0.559. The smallest absolute Gasteiger partial charge is 0.00966 e. The van der Waals surface area contributed by atoms with Crippen LogP contribution >= 0.6 is 0 Å². The Bertz CT molecular complexity index is 239. The van der Waals surface area contributed by atoms with Crippen LogP contribution in [0.25, 0.3) is 0 Å². The highest BCUT2D eigenvalue weighted by atomic mass is 14.7. The van der Waals surface area contributed by atoms with Crippen LogP contribution in [0.15, 0.2) is 0 Å². The van der Waals surface area contributed by atoms with Crippen LogP contribution in [0.3, 0.4) is 0 Å². The lowest BCUT2D eigenvalue weighted by Crippen LogP contribution is -2.49. The van der Waals surface area contributed by atoms with Crippen molar-refractivity contribution in [2.24, 2.45) is 52.7 Å². The molecule has 0 spiro atoms. The van der Waals surface area contributed by atoms with Gasteiger partial charge in [0.1, 0.15) is 0 Å². The molecule has 0 radical (unpaired) electrons. The Kier molecular flexibility index (Phi) is 8.30. The summed E-state index contributed by atoms with van der Waals surface area (Å²) < 4.78 is 0. The van der Waals surface area contributed by atoms with E-state index in [4.69, 9.17) is 17.2 Å². The van der Waals surface area contributed by atoms with E-state index in [1.54, 1.807) is 0 Å². The number of nitrogens with two attached hydrogens (primary N) is 3. The molecule has 6 atom stereocenters. The first-order chi connectivity index (χ1) is 9.02. The van der Waals surface area contributed by atoms with Crippen LogP contribution in [-0.2, 0) is 0 Å². The molecule has 0 bridgehead atoms. The zero-order chi connectivity index (χ0) is 16.2. The number of hydrogen-bond acceptors (Lipinski definition) is 3. The quantitative estimate of drug-likeness (QED) is 0.641. The van der Waals surface area contributed by atoms with Gasteiger partial charge in [0, 0.05) is 18.1 Å². The minimum atomic E-state index is 0.148. The van der Waals surface area contributed by atoms with Gasteiger partial charge in [0.05, 0.1) is 0 Å². The second-order valence-electron chi connectivity index (χ2n) is 7.66. The summed E-state index contributed by atoms with van der Waals surface area (Å²) in [7, 11) is 0. The standard InChI is InChI=1S/C17H39N3/c1-9(2)15(18)11(5)13(7)17(20)14(8)12(6)16(19)10(3)4/h9-17H,18-20H2,1-8H3. The zero-order valence-electron chi connectivity index (χ0n) is 14.9. The van der Waals surface area contributed by atoms with Gasteiger partial charge in [-0.25, -0.2) is 0 Å². The second kappa shape index (κ2) is 8.35. The Morgan fingerprint density at radius 2 is 0.600 bits per heavy atom. The minimum Gasteiger partial charge on any atom is -0.327 e. The lowest BCUT2D eigenvalue weighted by Gasteiger charge is -2.39. The van der Waals surface area contributed by atoms with Crippen LogP contribution in [0, 0.1) is 35.5 Å². The maximum absolute atomic E-state index is 6.53. The van der Waals surface area contributed by atoms with Gasteiger partial charge in [-0.2, -0.15) is 0 Å². The predicted molar refractivity (Wildman–Crippen MR) is 90.3 cm³/mol. The lowest BCUT2D eigenvalue weighted by atomic mass is 9.72. The summed E-state index contributed by atoms with van der Waals surface area (Å²) in [6.45, 7) is 17.7. The Balaban J connectivity index is 4.75. The summed E-state index contributed by atoms with van der Waals surface area (Å²) in [5.41, 5.74) is 19.1. The molecule has 0 aliphatic heterocycles. The molecule has 0 rings (SSSR count). The topological polar surface area (TPSA) is 78.1 Å². The van der Waals surface area contributed by atoms with E-state index in [0.717, 1.165) is 0 Å². The molecule has 0 aromatic rings. The number of hydrogen-bond donors (Lipinski definition) is 3. The van der Waals surface area contributed by atoms with E-state index < -0.39 is 0 Å². The van der Waals surface area contributed by atoms with Gasteiger partial charge in [0.25, 0.3) is 0 Å². The monoisotopic (exact) mass is 285 g/mol. The Morgan fingerprint density at radius 1 is 0.400 bits per heavy atom. The van der Waals surface area contributed by atoms with Crippen molar-refractivity contribution in [2.45, 2.75) is 73.5 Å². The highest BCUT2D eigenvalue weighted by Gasteiger charge is 2.33. The van der Waals surface area contributed by atoms with Gasteiger partial charge in [0.2, 0.25) is 0 Å². The predicted octanol–water partition coefficient (Wildman–Crippen LogP) is 2.82. The third-order valence-corrected chi connectivity index (χ3v) is 5.63. The van der Waals surface area contributed by atoms with Crippen LogP contribution in [0.2, 0.25) is 0 Å². The lowest BCUT2D eigenvalue weighted by molar-refractivity contribution is 0.163. The van der Waals surface area contributed by atoms with Crippen LogP contribution in [-0.4, -0.2) is 18.1 Å². The molecule has 20 heavy (non-hydrogen) atoms. The molecule has 0 aromatic carbocycles. The largest absolute Gasteiger partial charge is 0.327 e. The first-order valence-corrected chi connectivity index (χ1v) is 8.29. The summed E-state index contributed by atoms with van der Waals surface area (Å²) in [6.07, 6.45) is 0. The first kappa shape index (κ1) is 19.9. The highest BCUT2D eigenvalue weighted by Crippen LogP contribution is 2.29. The molecule has 3 nitrogen and oxygen atoms in total. The van der Waals surface area contributed by atoms with Gasteiger partial charge in [-0.3, -0.25) is 0 Å². The van der Waals surface area contributed by atoms with E-state index in [1.165, 1.54) is 0 Å². The van der Waals surface area contributed by atoms with E-state index in [0.29, 0.717) is 35.5 Å². The maximum Gasteiger partial charge on any atom is 0.00966 e. The van der Waals surface area contributed by atoms with Crippen molar-refractivity contribution < 1.29 is 0 Å². The molecule has 0 fully saturated rings. The molecule has 3 heteroatoms. The molecule has 6 N–H and O–H groups in total. The van der Waals surface area contributed by atoms with E-state index in [2.05, 4.69) is 55.4 Å². The molecule has 0 aliphatic rings. The van der Waals surface area contributed by atoms with Gasteiger partial charge in [-0.1, -0.05) is 55.4 Å². The molecule has 0 aromatic heterocycles.